The van der Waals surface area contributed by atoms with Crippen molar-refractivity contribution in [3.63, 3.8) is 0 Å². The summed E-state index contributed by atoms with van der Waals surface area (Å²) >= 11 is 0. The van der Waals surface area contributed by atoms with Gasteiger partial charge in [-0.05, 0) is 90.2 Å². The van der Waals surface area contributed by atoms with E-state index in [4.69, 9.17) is 13.9 Å². The minimum Gasteiger partial charge on any atom is -0.469 e. The van der Waals surface area contributed by atoms with Crippen LogP contribution in [0.25, 0.3) is 0 Å². The van der Waals surface area contributed by atoms with Crippen molar-refractivity contribution in [1.29, 1.82) is 0 Å². The zero-order chi connectivity index (χ0) is 30.7. The lowest BCUT2D eigenvalue weighted by atomic mass is 9.39. The van der Waals surface area contributed by atoms with Gasteiger partial charge in [-0.2, -0.15) is 0 Å². The summed E-state index contributed by atoms with van der Waals surface area (Å²) in [6.45, 7) is 9.81. The average Bonchev–Trinajstić information content (AvgIpc) is 3.35. The van der Waals surface area contributed by atoms with Crippen molar-refractivity contribution in [3.05, 3.63) is 83.3 Å². The molecule has 0 N–H and O–H groups in total. The SMILES string of the molecule is COC(=O)C(Cc1cc(C)co1)C1CCC23CC12C=CC1C2(C)CC=C4CC(c5ccccc5)OCC4(C)C2CC(=O)C13C. The van der Waals surface area contributed by atoms with Gasteiger partial charge in [-0.3, -0.25) is 9.59 Å². The first-order chi connectivity index (χ1) is 21.0. The first-order valence-corrected chi connectivity index (χ1v) is 16.7. The highest BCUT2D eigenvalue weighted by Gasteiger charge is 2.85. The van der Waals surface area contributed by atoms with Gasteiger partial charge in [-0.1, -0.05) is 74.9 Å². The summed E-state index contributed by atoms with van der Waals surface area (Å²) in [6, 6.07) is 12.6. The lowest BCUT2D eigenvalue weighted by molar-refractivity contribution is -0.171. The predicted octanol–water partition coefficient (Wildman–Crippen LogP) is 7.99. The van der Waals surface area contributed by atoms with Crippen LogP contribution >= 0.6 is 0 Å². The molecule has 0 radical (unpaired) electrons. The van der Waals surface area contributed by atoms with E-state index in [0.717, 1.165) is 43.4 Å². The van der Waals surface area contributed by atoms with Gasteiger partial charge in [0.25, 0.3) is 0 Å². The topological polar surface area (TPSA) is 65.7 Å². The molecule has 1 aromatic carbocycles. The van der Waals surface area contributed by atoms with Gasteiger partial charge in [0.1, 0.15) is 11.5 Å². The first kappa shape index (κ1) is 28.5. The van der Waals surface area contributed by atoms with E-state index in [1.165, 1.54) is 18.2 Å². The van der Waals surface area contributed by atoms with Gasteiger partial charge in [0.2, 0.25) is 0 Å². The number of furan rings is 1. The van der Waals surface area contributed by atoms with E-state index in [-0.39, 0.29) is 57.4 Å². The van der Waals surface area contributed by atoms with Crippen molar-refractivity contribution in [2.24, 2.45) is 50.7 Å². The largest absolute Gasteiger partial charge is 0.469 e. The number of fused-ring (bicyclic) bond motifs is 5. The minimum absolute atomic E-state index is 0.0324. The Morgan fingerprint density at radius 1 is 1.14 bits per heavy atom. The molecule has 5 aliphatic carbocycles. The number of hydrogen-bond donors (Lipinski definition) is 0. The van der Waals surface area contributed by atoms with E-state index >= 15 is 0 Å². The molecule has 10 unspecified atom stereocenters. The Bertz CT molecular complexity index is 1580. The molecular formula is C39H46O5. The maximum Gasteiger partial charge on any atom is 0.309 e. The number of rotatable bonds is 5. The van der Waals surface area contributed by atoms with Crippen LogP contribution in [0.2, 0.25) is 0 Å². The lowest BCUT2D eigenvalue weighted by Crippen LogP contribution is -2.63. The zero-order valence-corrected chi connectivity index (χ0v) is 26.9. The summed E-state index contributed by atoms with van der Waals surface area (Å²) in [4.78, 5) is 28.1. The molecule has 5 heteroatoms. The van der Waals surface area contributed by atoms with Gasteiger partial charge in [-0.15, -0.1) is 0 Å². The number of ether oxygens (including phenoxy) is 2. The number of allylic oxidation sites excluding steroid dienone is 3. The summed E-state index contributed by atoms with van der Waals surface area (Å²) in [7, 11) is 1.50. The number of esters is 1. The first-order valence-electron chi connectivity index (χ1n) is 16.7. The van der Waals surface area contributed by atoms with Crippen molar-refractivity contribution < 1.29 is 23.5 Å². The van der Waals surface area contributed by atoms with Crippen LogP contribution in [0.1, 0.15) is 82.3 Å². The number of hydrogen-bond acceptors (Lipinski definition) is 5. The molecule has 0 bridgehead atoms. The molecule has 10 atom stereocenters. The monoisotopic (exact) mass is 594 g/mol. The molecule has 232 valence electrons. The maximum atomic E-state index is 14.8. The van der Waals surface area contributed by atoms with E-state index < -0.39 is 5.41 Å². The number of aryl methyl sites for hydroxylation is 1. The maximum absolute atomic E-state index is 14.8. The molecule has 1 aromatic heterocycles. The van der Waals surface area contributed by atoms with Crippen molar-refractivity contribution in [3.8, 4) is 0 Å². The normalized spacial score (nSPS) is 43.9. The molecule has 6 aliphatic rings. The molecule has 1 saturated heterocycles. The van der Waals surface area contributed by atoms with Gasteiger partial charge in [0.05, 0.1) is 32.0 Å². The molecule has 0 spiro atoms. The Morgan fingerprint density at radius 3 is 2.66 bits per heavy atom. The summed E-state index contributed by atoms with van der Waals surface area (Å²) < 4.78 is 17.8. The molecule has 44 heavy (non-hydrogen) atoms. The number of carbonyl (C=O) groups is 2. The Balaban J connectivity index is 1.14. The summed E-state index contributed by atoms with van der Waals surface area (Å²) in [5, 5.41) is 0. The van der Waals surface area contributed by atoms with E-state index in [9.17, 15) is 9.59 Å². The number of benzene rings is 1. The fourth-order valence-electron chi connectivity index (χ4n) is 12.0. The van der Waals surface area contributed by atoms with Crippen molar-refractivity contribution in [1.82, 2.24) is 0 Å². The third-order valence-corrected chi connectivity index (χ3v) is 14.2. The van der Waals surface area contributed by atoms with E-state index in [0.29, 0.717) is 25.2 Å². The van der Waals surface area contributed by atoms with Crippen LogP contribution in [0.15, 0.2) is 70.9 Å². The Kier molecular flexibility index (Phi) is 6.04. The van der Waals surface area contributed by atoms with Crippen molar-refractivity contribution in [2.75, 3.05) is 13.7 Å². The number of ketones is 1. The second-order valence-corrected chi connectivity index (χ2v) is 15.9. The van der Waals surface area contributed by atoms with Crippen LogP contribution in [0.5, 0.6) is 0 Å². The fraction of sp³-hybridized carbons (Fsp3) is 0.590. The Labute approximate surface area is 261 Å². The van der Waals surface area contributed by atoms with Crippen LogP contribution in [0.3, 0.4) is 0 Å². The molecule has 0 amide bonds. The summed E-state index contributed by atoms with van der Waals surface area (Å²) in [6.07, 6.45) is 15.3. The standard InChI is InChI=1S/C39H46O5/c1-24-17-27(43-21-24)19-28(34(41)42-5)29-12-16-39-22-38(29,39)15-13-31-35(2)14-11-26-18-30(25-9-7-6-8-10-25)44-23-36(26,3)32(35)20-33(40)37(31,39)4/h6-11,13,15,17,21,28-32H,12,14,16,18-20,22-23H2,1-5H3. The molecule has 3 saturated carbocycles. The second kappa shape index (κ2) is 9.31. The summed E-state index contributed by atoms with van der Waals surface area (Å²) in [5.41, 5.74) is 2.94. The number of Topliss-reactive ketones (excluding diaryl/α,β-unsaturated/α-hetero) is 1. The quantitative estimate of drug-likeness (QED) is 0.259. The fourth-order valence-corrected chi connectivity index (χ4v) is 12.0. The van der Waals surface area contributed by atoms with Crippen molar-refractivity contribution >= 4 is 11.8 Å². The van der Waals surface area contributed by atoms with Crippen LogP contribution in [-0.2, 0) is 25.5 Å². The van der Waals surface area contributed by atoms with E-state index in [1.54, 1.807) is 6.26 Å². The summed E-state index contributed by atoms with van der Waals surface area (Å²) in [5.74, 6) is 1.38. The van der Waals surface area contributed by atoms with Crippen LogP contribution in [0, 0.1) is 57.7 Å². The molecule has 2 aromatic rings. The molecule has 5 nitrogen and oxygen atoms in total. The number of carbonyl (C=O) groups excluding carboxylic acids is 2. The molecule has 8 rings (SSSR count). The Morgan fingerprint density at radius 2 is 1.93 bits per heavy atom. The van der Waals surface area contributed by atoms with Crippen LogP contribution in [0.4, 0.5) is 0 Å². The molecule has 1 aliphatic heterocycles. The van der Waals surface area contributed by atoms with Gasteiger partial charge < -0.3 is 13.9 Å². The third-order valence-electron chi connectivity index (χ3n) is 14.2. The molecule has 4 fully saturated rings. The van der Waals surface area contributed by atoms with Crippen LogP contribution < -0.4 is 0 Å². The van der Waals surface area contributed by atoms with Gasteiger partial charge in [-0.25, -0.2) is 0 Å². The van der Waals surface area contributed by atoms with Gasteiger partial charge >= 0.3 is 5.97 Å². The minimum atomic E-state index is -0.437. The average molecular weight is 595 g/mol. The highest BCUT2D eigenvalue weighted by atomic mass is 16.5. The smallest absolute Gasteiger partial charge is 0.309 e. The predicted molar refractivity (Wildman–Crippen MR) is 167 cm³/mol. The van der Waals surface area contributed by atoms with Crippen molar-refractivity contribution in [2.45, 2.75) is 78.7 Å². The molecular weight excluding hydrogens is 548 g/mol. The lowest BCUT2D eigenvalue weighted by Gasteiger charge is -2.64. The highest BCUT2D eigenvalue weighted by Crippen LogP contribution is 2.88. The van der Waals surface area contributed by atoms with Gasteiger partial charge in [0.15, 0.2) is 0 Å². The van der Waals surface area contributed by atoms with E-state index in [1.807, 2.05) is 13.0 Å². The van der Waals surface area contributed by atoms with Crippen LogP contribution in [-0.4, -0.2) is 25.5 Å². The molecule has 2 heterocycles. The Hall–Kier alpha value is -2.92. The second-order valence-electron chi connectivity index (χ2n) is 15.9. The van der Waals surface area contributed by atoms with E-state index in [2.05, 4.69) is 69.3 Å². The van der Waals surface area contributed by atoms with Gasteiger partial charge in [0, 0.05) is 23.7 Å². The number of methoxy groups -OCH3 is 1. The zero-order valence-electron chi connectivity index (χ0n) is 26.9. The highest BCUT2D eigenvalue weighted by molar-refractivity contribution is 5.89. The third kappa shape index (κ3) is 3.45.